The number of carbonyl (C=O) groups is 2. The Morgan fingerprint density at radius 2 is 1.81 bits per heavy atom. The van der Waals surface area contributed by atoms with Crippen LogP contribution in [0.4, 0.5) is 14.5 Å². The predicted octanol–water partition coefficient (Wildman–Crippen LogP) is 4.87. The van der Waals surface area contributed by atoms with E-state index in [1.807, 2.05) is 0 Å². The average Bonchev–Trinajstić information content (AvgIpc) is 3.02. The van der Waals surface area contributed by atoms with Crippen molar-refractivity contribution in [2.45, 2.75) is 12.3 Å². The largest absolute Gasteiger partial charge is 0.477 e. The monoisotopic (exact) mass is 385 g/mol. The van der Waals surface area contributed by atoms with Crippen LogP contribution in [0.5, 0.6) is 0 Å². The quantitative estimate of drug-likeness (QED) is 0.676. The zero-order chi connectivity index (χ0) is 19.1. The molecular weight excluding hydrogens is 372 g/mol. The van der Waals surface area contributed by atoms with Gasteiger partial charge in [0.15, 0.2) is 0 Å². The van der Waals surface area contributed by atoms with E-state index in [0.717, 1.165) is 11.3 Å². The molecule has 4 rings (SSSR count). The lowest BCUT2D eigenvalue weighted by Crippen LogP contribution is -2.23. The number of aromatic carboxylic acids is 1. The molecule has 136 valence electrons. The van der Waals surface area contributed by atoms with E-state index in [-0.39, 0.29) is 17.2 Å². The normalized spacial score (nSPS) is 15.9. The summed E-state index contributed by atoms with van der Waals surface area (Å²) in [6, 6.07) is 11.5. The van der Waals surface area contributed by atoms with Crippen molar-refractivity contribution in [1.82, 2.24) is 0 Å². The summed E-state index contributed by atoms with van der Waals surface area (Å²) in [7, 11) is 0. The average molecular weight is 385 g/mol. The Bertz CT molecular complexity index is 1060. The number of amides is 1. The van der Waals surface area contributed by atoms with Gasteiger partial charge in [-0.2, -0.15) is 0 Å². The van der Waals surface area contributed by atoms with E-state index in [0.29, 0.717) is 27.3 Å². The third kappa shape index (κ3) is 3.00. The van der Waals surface area contributed by atoms with Gasteiger partial charge in [-0.25, -0.2) is 13.6 Å². The molecule has 2 heterocycles. The third-order valence-corrected chi connectivity index (χ3v) is 5.81. The highest BCUT2D eigenvalue weighted by molar-refractivity contribution is 7.15. The number of halogens is 2. The molecule has 0 radical (unpaired) electrons. The second-order valence-electron chi connectivity index (χ2n) is 6.18. The maximum absolute atomic E-state index is 14.3. The number of carbonyl (C=O) groups excluding carboxylic acids is 1. The summed E-state index contributed by atoms with van der Waals surface area (Å²) in [4.78, 5) is 24.7. The fourth-order valence-corrected chi connectivity index (χ4v) is 4.58. The molecule has 1 amide bonds. The Hall–Kier alpha value is -3.06. The Kier molecular flexibility index (Phi) is 4.24. The molecule has 4 nitrogen and oxygen atoms in total. The molecule has 1 unspecified atom stereocenters. The first-order valence-corrected chi connectivity index (χ1v) is 8.97. The second kappa shape index (κ2) is 6.59. The van der Waals surface area contributed by atoms with Crippen LogP contribution in [0.3, 0.4) is 0 Å². The van der Waals surface area contributed by atoms with Crippen LogP contribution in [0, 0.1) is 11.6 Å². The Morgan fingerprint density at radius 3 is 2.48 bits per heavy atom. The molecule has 0 fully saturated rings. The Balaban J connectivity index is 1.95. The molecule has 0 saturated carbocycles. The minimum Gasteiger partial charge on any atom is -0.477 e. The van der Waals surface area contributed by atoms with Crippen molar-refractivity contribution in [1.29, 1.82) is 0 Å². The molecule has 1 aromatic heterocycles. The summed E-state index contributed by atoms with van der Waals surface area (Å²) in [5, 5.41) is 12.4. The zero-order valence-corrected chi connectivity index (χ0v) is 14.6. The topological polar surface area (TPSA) is 66.4 Å². The minimum atomic E-state index is -1.16. The van der Waals surface area contributed by atoms with Crippen LogP contribution in [0.25, 0.3) is 11.1 Å². The van der Waals surface area contributed by atoms with E-state index in [1.165, 1.54) is 30.3 Å². The van der Waals surface area contributed by atoms with Gasteiger partial charge in [0.1, 0.15) is 16.5 Å². The zero-order valence-electron chi connectivity index (χ0n) is 13.8. The summed E-state index contributed by atoms with van der Waals surface area (Å²) >= 11 is 1.01. The van der Waals surface area contributed by atoms with Crippen LogP contribution in [-0.4, -0.2) is 17.0 Å². The molecule has 3 aromatic rings. The summed E-state index contributed by atoms with van der Waals surface area (Å²) in [5.41, 5.74) is 1.49. The summed E-state index contributed by atoms with van der Waals surface area (Å²) in [5.74, 6) is -2.96. The molecule has 1 aliphatic heterocycles. The molecule has 0 spiro atoms. The van der Waals surface area contributed by atoms with E-state index in [1.54, 1.807) is 18.2 Å². The van der Waals surface area contributed by atoms with Crippen molar-refractivity contribution in [2.24, 2.45) is 0 Å². The lowest BCUT2D eigenvalue weighted by Gasteiger charge is -2.24. The second-order valence-corrected chi connectivity index (χ2v) is 7.24. The van der Waals surface area contributed by atoms with E-state index in [2.05, 4.69) is 5.32 Å². The van der Waals surface area contributed by atoms with Crippen molar-refractivity contribution >= 4 is 28.9 Å². The van der Waals surface area contributed by atoms with Gasteiger partial charge in [0.05, 0.1) is 5.69 Å². The molecule has 1 aliphatic rings. The fraction of sp³-hybridized carbons (Fsp3) is 0.100. The molecule has 0 bridgehead atoms. The van der Waals surface area contributed by atoms with Crippen LogP contribution in [0.1, 0.15) is 32.5 Å². The van der Waals surface area contributed by atoms with E-state index in [4.69, 9.17) is 0 Å². The number of rotatable bonds is 3. The van der Waals surface area contributed by atoms with E-state index in [9.17, 15) is 23.5 Å². The van der Waals surface area contributed by atoms with Gasteiger partial charge < -0.3 is 10.4 Å². The number of carboxylic acid groups (broad SMARTS) is 1. The van der Waals surface area contributed by atoms with Gasteiger partial charge in [-0.3, -0.25) is 4.79 Å². The number of hydrogen-bond acceptors (Lipinski definition) is 3. The Morgan fingerprint density at radius 1 is 1.11 bits per heavy atom. The molecule has 7 heteroatoms. The lowest BCUT2D eigenvalue weighted by molar-refractivity contribution is -0.116. The number of hydrogen-bond donors (Lipinski definition) is 2. The minimum absolute atomic E-state index is 0.0233. The van der Waals surface area contributed by atoms with Gasteiger partial charge in [0.25, 0.3) is 0 Å². The number of benzene rings is 2. The molecule has 1 atom stereocenters. The smallest absolute Gasteiger partial charge is 0.346 e. The van der Waals surface area contributed by atoms with Gasteiger partial charge in [0.2, 0.25) is 5.91 Å². The number of fused-ring (bicyclic) bond motifs is 1. The molecule has 2 N–H and O–H groups in total. The van der Waals surface area contributed by atoms with Crippen LogP contribution < -0.4 is 5.32 Å². The summed E-state index contributed by atoms with van der Waals surface area (Å²) in [6.45, 7) is 0. The van der Waals surface area contributed by atoms with Gasteiger partial charge in [-0.1, -0.05) is 30.3 Å². The van der Waals surface area contributed by atoms with Gasteiger partial charge in [-0.05, 0) is 29.3 Å². The first-order valence-electron chi connectivity index (χ1n) is 8.16. The van der Waals surface area contributed by atoms with Crippen molar-refractivity contribution in [3.63, 3.8) is 0 Å². The van der Waals surface area contributed by atoms with Crippen molar-refractivity contribution in [3.8, 4) is 11.1 Å². The number of anilines is 1. The molecule has 27 heavy (non-hydrogen) atoms. The van der Waals surface area contributed by atoms with Crippen LogP contribution in [0.2, 0.25) is 0 Å². The number of thiophene rings is 1. The molecule has 0 saturated heterocycles. The molecule has 0 aliphatic carbocycles. The highest BCUT2D eigenvalue weighted by Gasteiger charge is 2.35. The van der Waals surface area contributed by atoms with Gasteiger partial charge in [-0.15, -0.1) is 11.3 Å². The summed E-state index contributed by atoms with van der Waals surface area (Å²) < 4.78 is 27.6. The highest BCUT2D eigenvalue weighted by atomic mass is 32.1. The first-order chi connectivity index (χ1) is 13.0. The summed E-state index contributed by atoms with van der Waals surface area (Å²) in [6.07, 6.45) is 0.0242. The van der Waals surface area contributed by atoms with Crippen LogP contribution >= 0.6 is 11.3 Å². The van der Waals surface area contributed by atoms with Crippen molar-refractivity contribution < 1.29 is 23.5 Å². The predicted molar refractivity (Wildman–Crippen MR) is 98.2 cm³/mol. The van der Waals surface area contributed by atoms with Gasteiger partial charge >= 0.3 is 5.97 Å². The van der Waals surface area contributed by atoms with Gasteiger partial charge in [0, 0.05) is 22.8 Å². The van der Waals surface area contributed by atoms with Crippen LogP contribution in [0.15, 0.2) is 48.5 Å². The fourth-order valence-electron chi connectivity index (χ4n) is 3.34. The lowest BCUT2D eigenvalue weighted by atomic mass is 9.88. The SMILES string of the molecule is O=C1CC(c2ccccc2F)c2sc(C(=O)O)c(-c3ccc(F)cc3)c2N1. The van der Waals surface area contributed by atoms with E-state index >= 15 is 0 Å². The third-order valence-electron chi connectivity index (χ3n) is 4.51. The Labute approximate surface area is 157 Å². The van der Waals surface area contributed by atoms with E-state index < -0.39 is 23.5 Å². The highest BCUT2D eigenvalue weighted by Crippen LogP contribution is 2.49. The van der Waals surface area contributed by atoms with Crippen molar-refractivity contribution in [2.75, 3.05) is 5.32 Å². The molecule has 2 aromatic carbocycles. The first kappa shape index (κ1) is 17.4. The maximum Gasteiger partial charge on any atom is 0.346 e. The number of carboxylic acids is 1. The van der Waals surface area contributed by atoms with Crippen LogP contribution in [-0.2, 0) is 4.79 Å². The molecular formula is C20H13F2NO3S. The standard InChI is InChI=1S/C20H13F2NO3S/c21-11-7-5-10(6-8-11)16-17-18(27-19(16)20(25)26)13(9-15(24)23-17)12-3-1-2-4-14(12)22/h1-8,13H,9H2,(H,23,24)(H,25,26). The van der Waals surface area contributed by atoms with Crippen molar-refractivity contribution in [3.05, 3.63) is 75.5 Å². The number of nitrogens with one attached hydrogen (secondary N) is 1. The maximum atomic E-state index is 14.3.